The molecular formula is C18H32O15. The van der Waals surface area contributed by atoms with E-state index in [0.717, 1.165) is 0 Å². The fraction of sp³-hybridized carbons (Fsp3) is 1.00. The highest BCUT2D eigenvalue weighted by Crippen LogP contribution is 2.30. The Morgan fingerprint density at radius 3 is 1.85 bits per heavy atom. The van der Waals surface area contributed by atoms with E-state index in [2.05, 4.69) is 0 Å². The molecule has 0 spiro atoms. The van der Waals surface area contributed by atoms with Gasteiger partial charge in [-0.3, -0.25) is 0 Å². The van der Waals surface area contributed by atoms with Crippen LogP contribution < -0.4 is 0 Å². The molecule has 194 valence electrons. The van der Waals surface area contributed by atoms with Crippen molar-refractivity contribution in [3.8, 4) is 0 Å². The Kier molecular flexibility index (Phi) is 8.99. The van der Waals surface area contributed by atoms with E-state index in [1.54, 1.807) is 0 Å². The van der Waals surface area contributed by atoms with Crippen LogP contribution in [0.3, 0.4) is 0 Å². The molecule has 0 aromatic heterocycles. The molecule has 0 amide bonds. The first-order valence-corrected chi connectivity index (χ1v) is 10.4. The summed E-state index contributed by atoms with van der Waals surface area (Å²) in [6.07, 6.45) is -23.5. The van der Waals surface area contributed by atoms with Crippen LogP contribution in [0.1, 0.15) is 6.92 Å². The third-order valence-corrected chi connectivity index (χ3v) is 6.04. The lowest BCUT2D eigenvalue weighted by Gasteiger charge is -2.46. The molecule has 3 aliphatic rings. The van der Waals surface area contributed by atoms with Gasteiger partial charge in [0.1, 0.15) is 67.1 Å². The average Bonchev–Trinajstić information content (AvgIpc) is 2.79. The summed E-state index contributed by atoms with van der Waals surface area (Å²) in [5, 5.41) is 99.1. The Bertz CT molecular complexity index is 624. The molecule has 1 unspecified atom stereocenters. The molecule has 3 fully saturated rings. The van der Waals surface area contributed by atoms with Crippen LogP contribution in [0.15, 0.2) is 0 Å². The molecule has 0 aliphatic carbocycles. The smallest absolute Gasteiger partial charge is 0.187 e. The highest BCUT2D eigenvalue weighted by Gasteiger charge is 2.51. The first kappa shape index (κ1) is 27.0. The van der Waals surface area contributed by atoms with Crippen LogP contribution in [0, 0.1) is 0 Å². The van der Waals surface area contributed by atoms with Crippen LogP contribution in [0.25, 0.3) is 0 Å². The van der Waals surface area contributed by atoms with Crippen molar-refractivity contribution in [1.29, 1.82) is 0 Å². The van der Waals surface area contributed by atoms with Gasteiger partial charge in [-0.15, -0.1) is 0 Å². The van der Waals surface area contributed by atoms with Gasteiger partial charge in [0.25, 0.3) is 0 Å². The number of aliphatic hydroxyl groups excluding tert-OH is 10. The van der Waals surface area contributed by atoms with Gasteiger partial charge in [-0.1, -0.05) is 0 Å². The van der Waals surface area contributed by atoms with Gasteiger partial charge in [0, 0.05) is 0 Å². The lowest BCUT2D eigenvalue weighted by molar-refractivity contribution is -0.369. The Balaban J connectivity index is 1.71. The summed E-state index contributed by atoms with van der Waals surface area (Å²) in [5.74, 6) is 0. The monoisotopic (exact) mass is 488 g/mol. The molecule has 15 atom stereocenters. The van der Waals surface area contributed by atoms with E-state index >= 15 is 0 Å². The highest BCUT2D eigenvalue weighted by molar-refractivity contribution is 4.94. The van der Waals surface area contributed by atoms with Gasteiger partial charge < -0.3 is 74.7 Å². The minimum absolute atomic E-state index is 0.531. The van der Waals surface area contributed by atoms with Gasteiger partial charge in [-0.05, 0) is 6.92 Å². The molecule has 15 heteroatoms. The van der Waals surface area contributed by atoms with Crippen LogP contribution >= 0.6 is 0 Å². The maximum Gasteiger partial charge on any atom is 0.187 e. The lowest BCUT2D eigenvalue weighted by atomic mass is 9.97. The molecule has 0 bridgehead atoms. The van der Waals surface area contributed by atoms with Gasteiger partial charge in [-0.2, -0.15) is 0 Å². The summed E-state index contributed by atoms with van der Waals surface area (Å²) in [6.45, 7) is 0.169. The number of hydrogen-bond donors (Lipinski definition) is 10. The zero-order valence-corrected chi connectivity index (χ0v) is 17.6. The molecule has 3 heterocycles. The Morgan fingerprint density at radius 2 is 1.21 bits per heavy atom. The number of hydrogen-bond acceptors (Lipinski definition) is 15. The zero-order chi connectivity index (χ0) is 24.6. The Hall–Kier alpha value is -0.600. The molecule has 0 aromatic rings. The second kappa shape index (κ2) is 11.0. The van der Waals surface area contributed by atoms with Gasteiger partial charge in [-0.25, -0.2) is 0 Å². The van der Waals surface area contributed by atoms with Crippen molar-refractivity contribution in [3.05, 3.63) is 0 Å². The van der Waals surface area contributed by atoms with Crippen LogP contribution in [0.2, 0.25) is 0 Å². The largest absolute Gasteiger partial charge is 0.394 e. The SMILES string of the molecule is C[C@@H]1O[C@@H](OC[C@H]2OC(O)[C@H](O)[C@@H](O)[C@@H]2O)[C@H](O[C@@H]2O[C@H](CO)[C@@H](O)[C@H](O)[C@H]2O)[C@H](O)[C@H]1O. The standard InChI is InChI=1S/C18H32O15/c1-4-7(20)12(25)15(33-17-14(27)11(24)8(21)5(2-19)32-17)18(30-4)29-3-6-9(22)10(23)13(26)16(28)31-6/h4-28H,2-3H2,1H3/t4-,5+,6+,7-,8+,9+,10-,11-,12+,13+,14+,15+,16?,17-,18+/m0/s1. The zero-order valence-electron chi connectivity index (χ0n) is 17.6. The summed E-state index contributed by atoms with van der Waals surface area (Å²) in [4.78, 5) is 0. The van der Waals surface area contributed by atoms with E-state index in [9.17, 15) is 51.1 Å². The molecule has 3 rings (SSSR count). The summed E-state index contributed by atoms with van der Waals surface area (Å²) in [6, 6.07) is 0. The summed E-state index contributed by atoms with van der Waals surface area (Å²) >= 11 is 0. The number of aliphatic hydroxyl groups is 10. The average molecular weight is 488 g/mol. The first-order chi connectivity index (χ1) is 15.5. The van der Waals surface area contributed by atoms with Crippen molar-refractivity contribution in [3.63, 3.8) is 0 Å². The topological polar surface area (TPSA) is 248 Å². The summed E-state index contributed by atoms with van der Waals surface area (Å²) in [5.41, 5.74) is 0. The van der Waals surface area contributed by atoms with Gasteiger partial charge in [0.2, 0.25) is 0 Å². The van der Waals surface area contributed by atoms with E-state index in [0.29, 0.717) is 0 Å². The molecule has 15 nitrogen and oxygen atoms in total. The molecule has 0 aromatic carbocycles. The minimum atomic E-state index is -1.81. The molecule has 10 N–H and O–H groups in total. The first-order valence-electron chi connectivity index (χ1n) is 10.4. The maximum atomic E-state index is 10.5. The second-order valence-electron chi connectivity index (χ2n) is 8.36. The van der Waals surface area contributed by atoms with E-state index in [4.69, 9.17) is 23.7 Å². The highest BCUT2D eigenvalue weighted by atomic mass is 16.8. The third-order valence-electron chi connectivity index (χ3n) is 6.04. The van der Waals surface area contributed by atoms with Gasteiger partial charge in [0.05, 0.1) is 19.3 Å². The van der Waals surface area contributed by atoms with Crippen molar-refractivity contribution < 1.29 is 74.7 Å². The van der Waals surface area contributed by atoms with Crippen molar-refractivity contribution in [2.24, 2.45) is 0 Å². The van der Waals surface area contributed by atoms with Crippen LogP contribution in [-0.2, 0) is 23.7 Å². The molecule has 0 radical (unpaired) electrons. The third kappa shape index (κ3) is 5.48. The minimum Gasteiger partial charge on any atom is -0.394 e. The number of rotatable bonds is 6. The predicted octanol–water partition coefficient (Wildman–Crippen LogP) is -6.55. The van der Waals surface area contributed by atoms with E-state index in [1.807, 2.05) is 0 Å². The lowest BCUT2D eigenvalue weighted by Crippen LogP contribution is -2.64. The van der Waals surface area contributed by atoms with Crippen molar-refractivity contribution in [1.82, 2.24) is 0 Å². The Labute approximate surface area is 187 Å². The molecule has 0 saturated carbocycles. The number of ether oxygens (including phenoxy) is 5. The fourth-order valence-corrected chi connectivity index (χ4v) is 3.87. The summed E-state index contributed by atoms with van der Waals surface area (Å²) in [7, 11) is 0. The Morgan fingerprint density at radius 1 is 0.606 bits per heavy atom. The second-order valence-corrected chi connectivity index (χ2v) is 8.36. The predicted molar refractivity (Wildman–Crippen MR) is 99.8 cm³/mol. The van der Waals surface area contributed by atoms with Crippen molar-refractivity contribution in [2.75, 3.05) is 13.2 Å². The maximum absolute atomic E-state index is 10.5. The van der Waals surface area contributed by atoms with Crippen LogP contribution in [0.4, 0.5) is 0 Å². The van der Waals surface area contributed by atoms with Gasteiger partial charge in [0.15, 0.2) is 18.9 Å². The summed E-state index contributed by atoms with van der Waals surface area (Å²) < 4.78 is 26.8. The molecule has 33 heavy (non-hydrogen) atoms. The van der Waals surface area contributed by atoms with Crippen molar-refractivity contribution in [2.45, 2.75) is 99.0 Å². The van der Waals surface area contributed by atoms with Gasteiger partial charge >= 0.3 is 0 Å². The van der Waals surface area contributed by atoms with E-state index in [-0.39, 0.29) is 0 Å². The molecular weight excluding hydrogens is 456 g/mol. The fourth-order valence-electron chi connectivity index (χ4n) is 3.87. The quantitative estimate of drug-likeness (QED) is 0.167. The molecule has 3 aliphatic heterocycles. The van der Waals surface area contributed by atoms with Crippen molar-refractivity contribution >= 4 is 0 Å². The van der Waals surface area contributed by atoms with Crippen LogP contribution in [0.5, 0.6) is 0 Å². The van der Waals surface area contributed by atoms with E-state index in [1.165, 1.54) is 6.92 Å². The normalized spacial score (nSPS) is 53.7. The molecule has 3 saturated heterocycles. The van der Waals surface area contributed by atoms with Crippen LogP contribution in [-0.4, -0.2) is 156 Å². The van der Waals surface area contributed by atoms with E-state index < -0.39 is 105 Å².